The predicted molar refractivity (Wildman–Crippen MR) is 202 cm³/mol. The van der Waals surface area contributed by atoms with Gasteiger partial charge in [-0.15, -0.1) is 0 Å². The molecular formula is C42H72O15. The number of hydrogen-bond acceptors (Lipinski definition) is 15. The van der Waals surface area contributed by atoms with Gasteiger partial charge < -0.3 is 74.7 Å². The number of rotatable bonds is 8. The van der Waals surface area contributed by atoms with Crippen LogP contribution in [0.4, 0.5) is 0 Å². The van der Waals surface area contributed by atoms with Gasteiger partial charge in [0.2, 0.25) is 0 Å². The van der Waals surface area contributed by atoms with Crippen LogP contribution in [0, 0.1) is 45.3 Å². The third-order valence-corrected chi connectivity index (χ3v) is 17.4. The quantitative estimate of drug-likeness (QED) is 0.148. The molecule has 3 saturated heterocycles. The van der Waals surface area contributed by atoms with E-state index in [4.69, 9.17) is 23.7 Å². The van der Waals surface area contributed by atoms with Crippen molar-refractivity contribution in [1.82, 2.24) is 0 Å². The van der Waals surface area contributed by atoms with Crippen LogP contribution in [0.2, 0.25) is 0 Å². The van der Waals surface area contributed by atoms with Gasteiger partial charge in [-0.1, -0.05) is 34.6 Å². The summed E-state index contributed by atoms with van der Waals surface area (Å²) in [5, 5.41) is 109. The fourth-order valence-corrected chi connectivity index (χ4v) is 14.1. The summed E-state index contributed by atoms with van der Waals surface area (Å²) in [7, 11) is 0. The van der Waals surface area contributed by atoms with Crippen molar-refractivity contribution < 1.29 is 74.7 Å². The van der Waals surface area contributed by atoms with E-state index < -0.39 is 126 Å². The Labute approximate surface area is 336 Å². The van der Waals surface area contributed by atoms with Crippen molar-refractivity contribution in [2.45, 2.75) is 204 Å². The van der Waals surface area contributed by atoms with Gasteiger partial charge in [-0.05, 0) is 117 Å². The summed E-state index contributed by atoms with van der Waals surface area (Å²) in [6, 6.07) is 0. The van der Waals surface area contributed by atoms with E-state index in [0.717, 1.165) is 25.7 Å². The van der Waals surface area contributed by atoms with Crippen LogP contribution in [0.15, 0.2) is 0 Å². The van der Waals surface area contributed by atoms with E-state index >= 15 is 0 Å². The molecule has 7 aliphatic rings. The van der Waals surface area contributed by atoms with Gasteiger partial charge in [-0.25, -0.2) is 0 Å². The summed E-state index contributed by atoms with van der Waals surface area (Å²) < 4.78 is 31.8. The number of hydrogen-bond donors (Lipinski definition) is 10. The number of aliphatic hydroxyl groups is 10. The number of ether oxygens (including phenoxy) is 5. The first-order chi connectivity index (χ1) is 26.4. The molecule has 0 aromatic rings. The minimum absolute atomic E-state index is 0.0316. The topological polar surface area (TPSA) is 248 Å². The lowest BCUT2D eigenvalue weighted by Crippen LogP contribution is -2.71. The summed E-state index contributed by atoms with van der Waals surface area (Å²) in [4.78, 5) is 0. The molecule has 0 radical (unpaired) electrons. The Morgan fingerprint density at radius 2 is 1.30 bits per heavy atom. The van der Waals surface area contributed by atoms with Gasteiger partial charge >= 0.3 is 0 Å². The average Bonchev–Trinajstić information content (AvgIpc) is 3.73. The van der Waals surface area contributed by atoms with Crippen molar-refractivity contribution >= 4 is 0 Å². The van der Waals surface area contributed by atoms with Crippen molar-refractivity contribution in [3.8, 4) is 0 Å². The molecule has 0 bridgehead atoms. The zero-order valence-electron chi connectivity index (χ0n) is 35.0. The SMILES string of the molecule is CC(C)(O)[C@@H]1CC[C@@](C)([C@@H]2CC[C@]3(C)[C@H]2[C@@H](O)C[C@@H]2[C@]4(C)CC[C@@H](O)C(C)(C)[C@H]4[C@@H](O[C@@H]4O[C@H](CO)[C@@H](O)[C@H](O)[C@H]4O[C@@H]4O[C@H](CO)[C@@H](O)[C@H](O)[C@H]4O)C[C@]23C)O1. The molecule has 7 fully saturated rings. The zero-order valence-corrected chi connectivity index (χ0v) is 35.0. The normalized spacial score (nSPS) is 56.5. The summed E-state index contributed by atoms with van der Waals surface area (Å²) in [5.41, 5.74) is -3.49. The number of fused-ring (bicyclic) bond motifs is 5. The van der Waals surface area contributed by atoms with Crippen LogP contribution in [-0.4, -0.2) is 161 Å². The van der Waals surface area contributed by atoms with Crippen LogP contribution in [0.3, 0.4) is 0 Å². The van der Waals surface area contributed by atoms with Crippen LogP contribution >= 0.6 is 0 Å². The Balaban J connectivity index is 1.26. The summed E-state index contributed by atoms with van der Waals surface area (Å²) in [5.74, 6) is -0.343. The van der Waals surface area contributed by atoms with Gasteiger partial charge in [-0.2, -0.15) is 0 Å². The van der Waals surface area contributed by atoms with Gasteiger partial charge in [0.1, 0.15) is 48.8 Å². The Morgan fingerprint density at radius 3 is 1.89 bits per heavy atom. The van der Waals surface area contributed by atoms with Gasteiger partial charge in [0.15, 0.2) is 12.6 Å². The molecule has 0 unspecified atom stereocenters. The van der Waals surface area contributed by atoms with Gasteiger partial charge in [0.05, 0.1) is 48.8 Å². The van der Waals surface area contributed by atoms with Gasteiger partial charge in [0.25, 0.3) is 0 Å². The molecule has 0 spiro atoms. The first-order valence-electron chi connectivity index (χ1n) is 21.4. The fraction of sp³-hybridized carbons (Fsp3) is 1.00. The lowest BCUT2D eigenvalue weighted by Gasteiger charge is -2.72. The Kier molecular flexibility index (Phi) is 11.7. The van der Waals surface area contributed by atoms with Gasteiger partial charge in [-0.3, -0.25) is 0 Å². The molecule has 3 heterocycles. The molecule has 4 aliphatic carbocycles. The molecule has 0 amide bonds. The molecule has 15 heteroatoms. The highest BCUT2D eigenvalue weighted by molar-refractivity contribution is 5.22. The van der Waals surface area contributed by atoms with Crippen LogP contribution in [0.5, 0.6) is 0 Å². The summed E-state index contributed by atoms with van der Waals surface area (Å²) in [6.07, 6.45) is -12.6. The first-order valence-corrected chi connectivity index (χ1v) is 21.4. The highest BCUT2D eigenvalue weighted by Gasteiger charge is 2.74. The maximum atomic E-state index is 12.4. The largest absolute Gasteiger partial charge is 0.394 e. The second kappa shape index (κ2) is 15.0. The minimum Gasteiger partial charge on any atom is -0.394 e. The molecule has 57 heavy (non-hydrogen) atoms. The second-order valence-electron chi connectivity index (χ2n) is 21.2. The zero-order chi connectivity index (χ0) is 42.0. The minimum atomic E-state index is -1.81. The van der Waals surface area contributed by atoms with E-state index in [0.29, 0.717) is 25.7 Å². The maximum absolute atomic E-state index is 12.4. The molecule has 0 aromatic carbocycles. The lowest BCUT2D eigenvalue weighted by molar-refractivity contribution is -0.383. The van der Waals surface area contributed by atoms with Crippen LogP contribution in [0.1, 0.15) is 107 Å². The van der Waals surface area contributed by atoms with Crippen molar-refractivity contribution in [3.63, 3.8) is 0 Å². The first kappa shape index (κ1) is 44.5. The van der Waals surface area contributed by atoms with Crippen molar-refractivity contribution in [1.29, 1.82) is 0 Å². The summed E-state index contributed by atoms with van der Waals surface area (Å²) in [6.45, 7) is 15.3. The number of aliphatic hydroxyl groups excluding tert-OH is 9. The van der Waals surface area contributed by atoms with E-state index in [-0.39, 0.29) is 29.8 Å². The van der Waals surface area contributed by atoms with Crippen molar-refractivity contribution in [3.05, 3.63) is 0 Å². The molecular weight excluding hydrogens is 744 g/mol. The van der Waals surface area contributed by atoms with Crippen LogP contribution in [-0.2, 0) is 23.7 Å². The Hall–Kier alpha value is -0.600. The van der Waals surface area contributed by atoms with Crippen molar-refractivity contribution in [2.24, 2.45) is 45.3 Å². The Morgan fingerprint density at radius 1 is 0.684 bits per heavy atom. The fourth-order valence-electron chi connectivity index (χ4n) is 14.1. The maximum Gasteiger partial charge on any atom is 0.187 e. The highest BCUT2D eigenvalue weighted by atomic mass is 16.8. The monoisotopic (exact) mass is 816 g/mol. The lowest BCUT2D eigenvalue weighted by atomic mass is 9.34. The smallest absolute Gasteiger partial charge is 0.187 e. The molecule has 15 nitrogen and oxygen atoms in total. The highest BCUT2D eigenvalue weighted by Crippen LogP contribution is 2.76. The van der Waals surface area contributed by atoms with Crippen LogP contribution < -0.4 is 0 Å². The molecule has 0 aromatic heterocycles. The molecule has 10 N–H and O–H groups in total. The third kappa shape index (κ3) is 6.80. The molecule has 22 atom stereocenters. The predicted octanol–water partition coefficient (Wildman–Crippen LogP) is 0.331. The van der Waals surface area contributed by atoms with Gasteiger partial charge in [0, 0.05) is 0 Å². The van der Waals surface area contributed by atoms with Crippen molar-refractivity contribution in [2.75, 3.05) is 13.2 Å². The molecule has 4 saturated carbocycles. The Bertz CT molecular complexity index is 1440. The van der Waals surface area contributed by atoms with E-state index in [1.165, 1.54) is 0 Å². The van der Waals surface area contributed by atoms with E-state index in [1.807, 2.05) is 13.8 Å². The molecule has 3 aliphatic heterocycles. The summed E-state index contributed by atoms with van der Waals surface area (Å²) >= 11 is 0. The standard InChI is InChI=1S/C42H72O15/c1-37(2)25(46)10-12-39(5)24-15-20(45)27-19(42(8)14-11-26(57-42)38(3,4)52)9-13-40(27,6)41(24,7)16-21(34(37)39)53-36-33(31(50)29(48)23(18-44)55-36)56-35-32(51)30(49)28(47)22(17-43)54-35/h19-36,43-52H,9-18H2,1-8H3/t19-,20+,21+,22-,23-,24-,25-,26+,27-,28-,29-,30+,31+,32-,33-,34-,35+,36-,39+,40-,41-,42+/m1/s1. The van der Waals surface area contributed by atoms with E-state index in [1.54, 1.807) is 13.8 Å². The molecule has 330 valence electrons. The second-order valence-corrected chi connectivity index (χ2v) is 21.2. The van der Waals surface area contributed by atoms with E-state index in [9.17, 15) is 51.1 Å². The van der Waals surface area contributed by atoms with Crippen LogP contribution in [0.25, 0.3) is 0 Å². The third-order valence-electron chi connectivity index (χ3n) is 17.4. The molecule has 7 rings (SSSR count). The van der Waals surface area contributed by atoms with E-state index in [2.05, 4.69) is 27.7 Å². The average molecular weight is 817 g/mol.